The van der Waals surface area contributed by atoms with Gasteiger partial charge in [-0.05, 0) is 48.4 Å². The van der Waals surface area contributed by atoms with Crippen molar-refractivity contribution in [3.63, 3.8) is 0 Å². The number of likely N-dealkylation sites (N-methyl/N-ethyl adjacent to an activating group) is 1. The van der Waals surface area contributed by atoms with Gasteiger partial charge in [-0.3, -0.25) is 9.59 Å². The number of urea groups is 1. The number of hydrogen-bond donors (Lipinski definition) is 2. The number of piperazine rings is 1. The Kier molecular flexibility index (Phi) is 9.92. The van der Waals surface area contributed by atoms with Gasteiger partial charge in [-0.2, -0.15) is 0 Å². The number of carbonyl (C=O) groups excluding carboxylic acids is 3. The fraction of sp³-hybridized carbons (Fsp3) is 0.323. The number of nitrogens with zero attached hydrogens (tertiary/aromatic N) is 5. The van der Waals surface area contributed by atoms with Crippen LogP contribution in [0.2, 0.25) is 5.02 Å². The second-order valence-electron chi connectivity index (χ2n) is 10.6. The van der Waals surface area contributed by atoms with E-state index in [2.05, 4.69) is 5.32 Å². The maximum absolute atomic E-state index is 13.2. The Morgan fingerprint density at radius 1 is 1.00 bits per heavy atom. The monoisotopic (exact) mass is 592 g/mol. The Bertz CT molecular complexity index is 1380. The summed E-state index contributed by atoms with van der Waals surface area (Å²) in [5, 5.41) is 15.4. The van der Waals surface area contributed by atoms with Gasteiger partial charge in [-0.1, -0.05) is 59.6 Å². The number of phenolic OH excluding ortho intramolecular Hbond substituents is 1. The average molecular weight is 593 g/mol. The normalized spacial score (nSPS) is 16.9. The molecule has 3 aromatic carbocycles. The Morgan fingerprint density at radius 2 is 1.69 bits per heavy atom. The lowest BCUT2D eigenvalue weighted by Crippen LogP contribution is -2.73. The van der Waals surface area contributed by atoms with Gasteiger partial charge >= 0.3 is 6.03 Å². The summed E-state index contributed by atoms with van der Waals surface area (Å²) < 4.78 is 0. The minimum atomic E-state index is -0.596. The molecule has 0 spiro atoms. The number of phenols is 1. The third-order valence-corrected chi connectivity index (χ3v) is 7.38. The molecule has 2 aliphatic rings. The number of anilines is 1. The summed E-state index contributed by atoms with van der Waals surface area (Å²) in [5.41, 5.74) is 3.99. The standard InChI is InChI=1S/C24H29ClN6O3.C7H8O/c1-27(2)20-10-9-19(25)11-18(20)13-29-14-21-30(16-22(29)32)23(33)15-28(3)31(21)24(34)26-12-17-7-5-4-6-8-17;1-6-2-4-7(8)5-3-6/h4-11,21H,12-16H2,1-3H3,(H,26,34);2-5,8H,1H3. The zero-order valence-corrected chi connectivity index (χ0v) is 25.1. The van der Waals surface area contributed by atoms with Crippen molar-refractivity contribution >= 4 is 35.1 Å². The van der Waals surface area contributed by atoms with Gasteiger partial charge < -0.3 is 25.1 Å². The third-order valence-electron chi connectivity index (χ3n) is 7.15. The molecule has 0 saturated carbocycles. The molecular formula is C31H37ClN6O4. The molecule has 0 bridgehead atoms. The lowest BCUT2D eigenvalue weighted by Gasteiger charge is -2.51. The molecule has 1 atom stereocenters. The van der Waals surface area contributed by atoms with Gasteiger partial charge in [0.25, 0.3) is 0 Å². The number of halogens is 1. The van der Waals surface area contributed by atoms with Crippen molar-refractivity contribution in [2.24, 2.45) is 0 Å². The van der Waals surface area contributed by atoms with Crippen molar-refractivity contribution in [1.82, 2.24) is 25.1 Å². The second kappa shape index (κ2) is 13.6. The highest BCUT2D eigenvalue weighted by molar-refractivity contribution is 6.30. The van der Waals surface area contributed by atoms with E-state index in [-0.39, 0.29) is 37.5 Å². The predicted octanol–water partition coefficient (Wildman–Crippen LogP) is 3.68. The lowest BCUT2D eigenvalue weighted by molar-refractivity contribution is -0.178. The van der Waals surface area contributed by atoms with E-state index in [1.165, 1.54) is 15.5 Å². The highest BCUT2D eigenvalue weighted by atomic mass is 35.5. The van der Waals surface area contributed by atoms with Crippen molar-refractivity contribution in [2.45, 2.75) is 26.2 Å². The van der Waals surface area contributed by atoms with E-state index in [0.717, 1.165) is 16.8 Å². The first-order valence-electron chi connectivity index (χ1n) is 13.6. The fourth-order valence-electron chi connectivity index (χ4n) is 4.97. The molecule has 4 amide bonds. The van der Waals surface area contributed by atoms with Crippen LogP contribution in [0, 0.1) is 6.92 Å². The molecule has 222 valence electrons. The fourth-order valence-corrected chi connectivity index (χ4v) is 5.16. The molecule has 2 N–H and O–H groups in total. The van der Waals surface area contributed by atoms with Gasteiger partial charge in [0.15, 0.2) is 0 Å². The Morgan fingerprint density at radius 3 is 2.33 bits per heavy atom. The van der Waals surface area contributed by atoms with Crippen molar-refractivity contribution in [3.05, 3.63) is 94.5 Å². The number of nitrogens with one attached hydrogen (secondary N) is 1. The molecular weight excluding hydrogens is 556 g/mol. The van der Waals surface area contributed by atoms with Crippen LogP contribution in [0.1, 0.15) is 16.7 Å². The van der Waals surface area contributed by atoms with E-state index in [0.29, 0.717) is 23.9 Å². The van der Waals surface area contributed by atoms with E-state index < -0.39 is 6.17 Å². The van der Waals surface area contributed by atoms with Gasteiger partial charge in [-0.15, -0.1) is 0 Å². The lowest BCUT2D eigenvalue weighted by atomic mass is 10.1. The Balaban J connectivity index is 0.000000437. The molecule has 42 heavy (non-hydrogen) atoms. The highest BCUT2D eigenvalue weighted by Gasteiger charge is 2.45. The van der Waals surface area contributed by atoms with Crippen LogP contribution in [0.5, 0.6) is 5.75 Å². The molecule has 2 aliphatic heterocycles. The predicted molar refractivity (Wildman–Crippen MR) is 163 cm³/mol. The SMILES string of the molecule is CN(C)c1ccc(Cl)cc1CN1CC2N(CC1=O)C(=O)CN(C)N2C(=O)NCc1ccccc1.Cc1ccc(O)cc1. The van der Waals surface area contributed by atoms with E-state index >= 15 is 0 Å². The summed E-state index contributed by atoms with van der Waals surface area (Å²) in [6, 6.07) is 22.0. The van der Waals surface area contributed by atoms with Gasteiger partial charge in [-0.25, -0.2) is 14.8 Å². The van der Waals surface area contributed by atoms with Crippen molar-refractivity contribution < 1.29 is 19.5 Å². The number of aromatic hydroxyl groups is 1. The molecule has 0 aromatic heterocycles. The summed E-state index contributed by atoms with van der Waals surface area (Å²) in [4.78, 5) is 44.0. The largest absolute Gasteiger partial charge is 0.508 e. The average Bonchev–Trinajstić information content (AvgIpc) is 2.95. The number of hydrazine groups is 1. The molecule has 2 heterocycles. The zero-order chi connectivity index (χ0) is 30.4. The molecule has 1 unspecified atom stereocenters. The summed E-state index contributed by atoms with van der Waals surface area (Å²) >= 11 is 6.23. The molecule has 11 heteroatoms. The smallest absolute Gasteiger partial charge is 0.334 e. The van der Waals surface area contributed by atoms with Crippen LogP contribution in [-0.4, -0.2) is 89.7 Å². The zero-order valence-electron chi connectivity index (χ0n) is 24.3. The number of fused-ring (bicyclic) bond motifs is 1. The van der Waals surface area contributed by atoms with Gasteiger partial charge in [0, 0.05) is 44.9 Å². The quantitative estimate of drug-likeness (QED) is 0.469. The van der Waals surface area contributed by atoms with Crippen LogP contribution in [0.15, 0.2) is 72.8 Å². The molecule has 2 saturated heterocycles. The van der Waals surface area contributed by atoms with Crippen LogP contribution in [-0.2, 0) is 22.7 Å². The van der Waals surface area contributed by atoms with Crippen LogP contribution in [0.4, 0.5) is 10.5 Å². The van der Waals surface area contributed by atoms with E-state index in [9.17, 15) is 14.4 Å². The summed E-state index contributed by atoms with van der Waals surface area (Å²) in [7, 11) is 5.57. The minimum Gasteiger partial charge on any atom is -0.508 e. The number of hydrogen-bond acceptors (Lipinski definition) is 6. The topological polar surface area (TPSA) is 99.7 Å². The Hall–Kier alpha value is -4.28. The van der Waals surface area contributed by atoms with Crippen LogP contribution in [0.3, 0.4) is 0 Å². The first kappa shape index (κ1) is 30.7. The minimum absolute atomic E-state index is 0.0294. The molecule has 2 fully saturated rings. The van der Waals surface area contributed by atoms with Crippen molar-refractivity contribution in [1.29, 1.82) is 0 Å². The summed E-state index contributed by atoms with van der Waals surface area (Å²) in [5.74, 6) is -0.0107. The van der Waals surface area contributed by atoms with Crippen molar-refractivity contribution in [2.75, 3.05) is 45.7 Å². The third kappa shape index (κ3) is 7.51. The second-order valence-corrected chi connectivity index (χ2v) is 11.0. The molecule has 0 aliphatic carbocycles. The van der Waals surface area contributed by atoms with Crippen LogP contribution < -0.4 is 10.2 Å². The number of rotatable bonds is 5. The molecule has 0 radical (unpaired) electrons. The summed E-state index contributed by atoms with van der Waals surface area (Å²) in [6.07, 6.45) is -0.596. The maximum Gasteiger partial charge on any atom is 0.334 e. The van der Waals surface area contributed by atoms with Gasteiger partial charge in [0.2, 0.25) is 11.8 Å². The molecule has 10 nitrogen and oxygen atoms in total. The van der Waals surface area contributed by atoms with Crippen LogP contribution in [0.25, 0.3) is 0 Å². The van der Waals surface area contributed by atoms with Gasteiger partial charge in [0.1, 0.15) is 18.5 Å². The number of aryl methyl sites for hydroxylation is 1. The van der Waals surface area contributed by atoms with Crippen LogP contribution >= 0.6 is 11.6 Å². The molecule has 5 rings (SSSR count). The maximum atomic E-state index is 13.2. The Labute approximate surface area is 251 Å². The number of benzene rings is 3. The van der Waals surface area contributed by atoms with E-state index in [4.69, 9.17) is 16.7 Å². The van der Waals surface area contributed by atoms with E-state index in [1.807, 2.05) is 86.6 Å². The van der Waals surface area contributed by atoms with Gasteiger partial charge in [0.05, 0.1) is 13.1 Å². The highest BCUT2D eigenvalue weighted by Crippen LogP contribution is 2.27. The van der Waals surface area contributed by atoms with E-state index in [1.54, 1.807) is 29.1 Å². The number of carbonyl (C=O) groups is 3. The van der Waals surface area contributed by atoms with Crippen molar-refractivity contribution in [3.8, 4) is 5.75 Å². The number of amides is 4. The first-order chi connectivity index (χ1) is 20.0. The summed E-state index contributed by atoms with van der Waals surface area (Å²) in [6.45, 7) is 2.84. The first-order valence-corrected chi connectivity index (χ1v) is 14.0. The molecule has 3 aromatic rings.